The van der Waals surface area contributed by atoms with Crippen LogP contribution in [0.3, 0.4) is 0 Å². The smallest absolute Gasteiger partial charge is 0.227 e. The van der Waals surface area contributed by atoms with Crippen LogP contribution in [0.4, 0.5) is 0 Å². The summed E-state index contributed by atoms with van der Waals surface area (Å²) in [5, 5.41) is 8.36. The van der Waals surface area contributed by atoms with Crippen molar-refractivity contribution in [2.75, 3.05) is 18.8 Å². The first kappa shape index (κ1) is 12.1. The van der Waals surface area contributed by atoms with Gasteiger partial charge < -0.3 is 0 Å². The number of hydrogen-bond acceptors (Lipinski definition) is 4. The zero-order chi connectivity index (χ0) is 11.5. The van der Waals surface area contributed by atoms with Gasteiger partial charge in [-0.05, 0) is 19.8 Å². The average molecular weight is 230 g/mol. The van der Waals surface area contributed by atoms with Crippen molar-refractivity contribution in [3.63, 3.8) is 0 Å². The summed E-state index contributed by atoms with van der Waals surface area (Å²) in [6.07, 6.45) is 1.14. The van der Waals surface area contributed by atoms with Crippen LogP contribution in [0.15, 0.2) is 0 Å². The molecule has 1 heterocycles. The maximum absolute atomic E-state index is 11.5. The molecule has 1 aliphatic rings. The predicted molar refractivity (Wildman–Crippen MR) is 54.4 cm³/mol. The van der Waals surface area contributed by atoms with Gasteiger partial charge in [0.15, 0.2) is 5.75 Å². The number of Topliss-reactive ketones (excluding diaryl/α,β-unsaturated/α-hetero) is 1. The number of sulfonamides is 1. The van der Waals surface area contributed by atoms with Gasteiger partial charge in [-0.3, -0.25) is 4.79 Å². The fourth-order valence-electron chi connectivity index (χ4n) is 1.71. The van der Waals surface area contributed by atoms with Gasteiger partial charge in [0.25, 0.3) is 0 Å². The first-order valence-electron chi connectivity index (χ1n) is 4.82. The topological polar surface area (TPSA) is 78.2 Å². The molecule has 1 fully saturated rings. The molecule has 1 saturated heterocycles. The first-order valence-corrected chi connectivity index (χ1v) is 6.43. The van der Waals surface area contributed by atoms with Crippen LogP contribution >= 0.6 is 0 Å². The molecule has 0 amide bonds. The standard InChI is InChI=1S/C9H14N2O3S/c1-8(12)9-2-5-11(6-3-9)15(13,14)7-4-10/h9H,2-3,5-7H2,1H3. The summed E-state index contributed by atoms with van der Waals surface area (Å²) in [6, 6.07) is 1.64. The molecule has 5 nitrogen and oxygen atoms in total. The largest absolute Gasteiger partial charge is 0.300 e. The molecule has 0 aliphatic carbocycles. The molecular formula is C9H14N2O3S. The molecule has 6 heteroatoms. The van der Waals surface area contributed by atoms with Crippen LogP contribution in [0.5, 0.6) is 0 Å². The SMILES string of the molecule is CC(=O)C1CCN(S(=O)(=O)CC#N)CC1. The highest BCUT2D eigenvalue weighted by atomic mass is 32.2. The molecule has 0 aromatic rings. The van der Waals surface area contributed by atoms with E-state index in [9.17, 15) is 13.2 Å². The maximum atomic E-state index is 11.5. The van der Waals surface area contributed by atoms with Gasteiger partial charge in [-0.25, -0.2) is 12.7 Å². The summed E-state index contributed by atoms with van der Waals surface area (Å²) < 4.78 is 24.3. The highest BCUT2D eigenvalue weighted by Gasteiger charge is 2.29. The van der Waals surface area contributed by atoms with Gasteiger partial charge in [-0.1, -0.05) is 0 Å². The molecule has 15 heavy (non-hydrogen) atoms. The number of nitriles is 1. The van der Waals surface area contributed by atoms with Crippen molar-refractivity contribution in [3.05, 3.63) is 0 Å². The van der Waals surface area contributed by atoms with Crippen molar-refractivity contribution in [1.82, 2.24) is 4.31 Å². The van der Waals surface area contributed by atoms with Gasteiger partial charge in [0.05, 0.1) is 6.07 Å². The number of rotatable bonds is 3. The number of ketones is 1. The van der Waals surface area contributed by atoms with Crippen LogP contribution in [-0.4, -0.2) is 37.3 Å². The second-order valence-electron chi connectivity index (χ2n) is 3.70. The third-order valence-electron chi connectivity index (χ3n) is 2.67. The first-order chi connectivity index (χ1) is 6.97. The lowest BCUT2D eigenvalue weighted by atomic mass is 9.95. The maximum Gasteiger partial charge on any atom is 0.227 e. The van der Waals surface area contributed by atoms with Crippen LogP contribution in [-0.2, 0) is 14.8 Å². The Balaban J connectivity index is 2.59. The molecule has 1 aliphatic heterocycles. The van der Waals surface area contributed by atoms with Gasteiger partial charge in [-0.2, -0.15) is 5.26 Å². The van der Waals surface area contributed by atoms with E-state index in [2.05, 4.69) is 0 Å². The van der Waals surface area contributed by atoms with Gasteiger partial charge in [-0.15, -0.1) is 0 Å². The molecule has 0 aromatic carbocycles. The van der Waals surface area contributed by atoms with Crippen molar-refractivity contribution in [3.8, 4) is 6.07 Å². The van der Waals surface area contributed by atoms with Gasteiger partial charge in [0, 0.05) is 19.0 Å². The fraction of sp³-hybridized carbons (Fsp3) is 0.778. The lowest BCUT2D eigenvalue weighted by Crippen LogP contribution is -2.40. The molecule has 0 atom stereocenters. The van der Waals surface area contributed by atoms with Crippen molar-refractivity contribution in [2.24, 2.45) is 5.92 Å². The van der Waals surface area contributed by atoms with Crippen LogP contribution in [0, 0.1) is 17.2 Å². The minimum absolute atomic E-state index is 0.0152. The molecule has 0 aromatic heterocycles. The van der Waals surface area contributed by atoms with Crippen molar-refractivity contribution in [1.29, 1.82) is 5.26 Å². The quantitative estimate of drug-likeness (QED) is 0.691. The molecule has 1 rings (SSSR count). The summed E-state index contributed by atoms with van der Waals surface area (Å²) in [5.41, 5.74) is 0. The third-order valence-corrected chi connectivity index (χ3v) is 4.32. The van der Waals surface area contributed by atoms with Gasteiger partial charge in [0.2, 0.25) is 10.0 Å². The minimum Gasteiger partial charge on any atom is -0.300 e. The number of carbonyl (C=O) groups is 1. The van der Waals surface area contributed by atoms with E-state index in [-0.39, 0.29) is 11.7 Å². The minimum atomic E-state index is -3.42. The van der Waals surface area contributed by atoms with Crippen LogP contribution in [0.25, 0.3) is 0 Å². The lowest BCUT2D eigenvalue weighted by molar-refractivity contribution is -0.121. The second-order valence-corrected chi connectivity index (χ2v) is 5.67. The Bertz CT molecular complexity index is 375. The molecule has 0 N–H and O–H groups in total. The van der Waals surface area contributed by atoms with E-state index in [1.807, 2.05) is 0 Å². The Morgan fingerprint density at radius 3 is 2.40 bits per heavy atom. The Hall–Kier alpha value is -0.930. The van der Waals surface area contributed by atoms with E-state index in [4.69, 9.17) is 5.26 Å². The van der Waals surface area contributed by atoms with E-state index in [0.29, 0.717) is 25.9 Å². The lowest BCUT2D eigenvalue weighted by Gasteiger charge is -2.29. The molecule has 0 saturated carbocycles. The Morgan fingerprint density at radius 2 is 2.00 bits per heavy atom. The van der Waals surface area contributed by atoms with Gasteiger partial charge in [0.1, 0.15) is 5.78 Å². The Kier molecular flexibility index (Phi) is 3.83. The van der Waals surface area contributed by atoms with Crippen molar-refractivity contribution in [2.45, 2.75) is 19.8 Å². The molecule has 0 spiro atoms. The number of nitrogens with zero attached hydrogens (tertiary/aromatic N) is 2. The zero-order valence-corrected chi connectivity index (χ0v) is 9.46. The molecule has 0 unspecified atom stereocenters. The third kappa shape index (κ3) is 3.01. The van der Waals surface area contributed by atoms with Crippen LogP contribution in [0.2, 0.25) is 0 Å². The summed E-state index contributed by atoms with van der Waals surface area (Å²) in [6.45, 7) is 2.24. The average Bonchev–Trinajstić information content (AvgIpc) is 2.18. The number of piperidine rings is 1. The van der Waals surface area contributed by atoms with Crippen molar-refractivity contribution >= 4 is 15.8 Å². The Labute approximate surface area is 89.7 Å². The molecule has 0 radical (unpaired) electrons. The highest BCUT2D eigenvalue weighted by molar-refractivity contribution is 7.89. The normalized spacial score (nSPS) is 19.7. The second kappa shape index (κ2) is 4.73. The van der Waals surface area contributed by atoms with E-state index in [1.54, 1.807) is 6.07 Å². The number of carbonyl (C=O) groups excluding carboxylic acids is 1. The molecule has 0 bridgehead atoms. The fourth-order valence-corrected chi connectivity index (χ4v) is 2.83. The summed E-state index contributed by atoms with van der Waals surface area (Å²) >= 11 is 0. The predicted octanol–water partition coefficient (Wildman–Crippen LogP) is 0.141. The van der Waals surface area contributed by atoms with E-state index < -0.39 is 15.8 Å². The summed E-state index contributed by atoms with van der Waals surface area (Å²) in [4.78, 5) is 11.1. The zero-order valence-electron chi connectivity index (χ0n) is 8.64. The van der Waals surface area contributed by atoms with Crippen molar-refractivity contribution < 1.29 is 13.2 Å². The molecule has 84 valence electrons. The molecular weight excluding hydrogens is 216 g/mol. The van der Waals surface area contributed by atoms with Crippen LogP contribution in [0.1, 0.15) is 19.8 Å². The summed E-state index contributed by atoms with van der Waals surface area (Å²) in [7, 11) is -3.42. The Morgan fingerprint density at radius 1 is 1.47 bits per heavy atom. The van der Waals surface area contributed by atoms with E-state index in [0.717, 1.165) is 0 Å². The van der Waals surface area contributed by atoms with E-state index in [1.165, 1.54) is 11.2 Å². The monoisotopic (exact) mass is 230 g/mol. The highest BCUT2D eigenvalue weighted by Crippen LogP contribution is 2.20. The number of hydrogen-bond donors (Lipinski definition) is 0. The van der Waals surface area contributed by atoms with Gasteiger partial charge >= 0.3 is 0 Å². The van der Waals surface area contributed by atoms with Crippen LogP contribution < -0.4 is 0 Å². The van der Waals surface area contributed by atoms with E-state index >= 15 is 0 Å². The summed E-state index contributed by atoms with van der Waals surface area (Å²) in [5.74, 6) is -0.372.